The Hall–Kier alpha value is -1.20. The molecule has 3 aromatic carbocycles. The topological polar surface area (TPSA) is 21.3 Å². The third-order valence-electron chi connectivity index (χ3n) is 3.99. The summed E-state index contributed by atoms with van der Waals surface area (Å²) < 4.78 is 7.72. The Labute approximate surface area is 186 Å². The number of aryl methyl sites for hydroxylation is 1. The molecule has 3 rings (SSSR count). The Balaban J connectivity index is 1.67. The third kappa shape index (κ3) is 5.64. The van der Waals surface area contributed by atoms with Crippen LogP contribution in [-0.2, 0) is 13.2 Å². The van der Waals surface area contributed by atoms with Gasteiger partial charge in [-0.3, -0.25) is 0 Å². The normalized spacial score (nSPS) is 10.7. The minimum atomic E-state index is 0.355. The first kappa shape index (κ1) is 20.5. The van der Waals surface area contributed by atoms with Gasteiger partial charge in [0, 0.05) is 27.8 Å². The van der Waals surface area contributed by atoms with Gasteiger partial charge in [0.15, 0.2) is 0 Å². The molecule has 6 heteroatoms. The van der Waals surface area contributed by atoms with E-state index in [2.05, 4.69) is 68.4 Å². The van der Waals surface area contributed by atoms with Gasteiger partial charge >= 0.3 is 0 Å². The fourth-order valence-corrected chi connectivity index (χ4v) is 4.49. The molecule has 0 heterocycles. The predicted molar refractivity (Wildman–Crippen MR) is 121 cm³/mol. The van der Waals surface area contributed by atoms with Crippen molar-refractivity contribution in [3.63, 3.8) is 0 Å². The molecule has 0 unspecified atom stereocenters. The zero-order valence-corrected chi connectivity index (χ0v) is 19.2. The van der Waals surface area contributed by atoms with Crippen molar-refractivity contribution in [1.29, 1.82) is 0 Å². The van der Waals surface area contributed by atoms with E-state index in [1.807, 2.05) is 18.2 Å². The standard InChI is InChI=1S/C21H17Br2Cl2NO/c1-13-2-6-17(7-3-13)26-11-14-8-18(22)21(19(23)9-14)27-12-15-4-5-16(24)10-20(15)25/h2-10,26H,11-12H2,1H3. The first-order valence-corrected chi connectivity index (χ1v) is 10.6. The number of benzene rings is 3. The molecule has 0 spiro atoms. The Morgan fingerprint density at radius 1 is 0.926 bits per heavy atom. The molecule has 0 saturated carbocycles. The van der Waals surface area contributed by atoms with Crippen LogP contribution < -0.4 is 10.1 Å². The Morgan fingerprint density at radius 2 is 1.59 bits per heavy atom. The average molecular weight is 530 g/mol. The van der Waals surface area contributed by atoms with E-state index in [-0.39, 0.29) is 0 Å². The summed E-state index contributed by atoms with van der Waals surface area (Å²) in [5.74, 6) is 0.736. The maximum Gasteiger partial charge on any atom is 0.148 e. The van der Waals surface area contributed by atoms with Crippen molar-refractivity contribution in [2.75, 3.05) is 5.32 Å². The minimum Gasteiger partial charge on any atom is -0.486 e. The van der Waals surface area contributed by atoms with Crippen molar-refractivity contribution in [1.82, 2.24) is 0 Å². The number of hydrogen-bond acceptors (Lipinski definition) is 2. The predicted octanol–water partition coefficient (Wildman–Crippen LogP) is 8.02. The van der Waals surface area contributed by atoms with Crippen LogP contribution in [0.3, 0.4) is 0 Å². The molecule has 0 fully saturated rings. The second kappa shape index (κ2) is 9.33. The molecular weight excluding hydrogens is 513 g/mol. The zero-order valence-electron chi connectivity index (χ0n) is 14.5. The number of hydrogen-bond donors (Lipinski definition) is 1. The van der Waals surface area contributed by atoms with Crippen LogP contribution in [0, 0.1) is 6.92 Å². The van der Waals surface area contributed by atoms with E-state index in [0.717, 1.165) is 31.5 Å². The average Bonchev–Trinajstić information content (AvgIpc) is 2.62. The van der Waals surface area contributed by atoms with Gasteiger partial charge in [-0.15, -0.1) is 0 Å². The van der Waals surface area contributed by atoms with Crippen LogP contribution in [0.1, 0.15) is 16.7 Å². The van der Waals surface area contributed by atoms with Crippen LogP contribution >= 0.6 is 55.1 Å². The lowest BCUT2D eigenvalue weighted by atomic mass is 10.2. The molecule has 0 aliphatic rings. The number of anilines is 1. The smallest absolute Gasteiger partial charge is 0.148 e. The van der Waals surface area contributed by atoms with Crippen molar-refractivity contribution < 1.29 is 4.74 Å². The van der Waals surface area contributed by atoms with Crippen LogP contribution in [0.4, 0.5) is 5.69 Å². The summed E-state index contributed by atoms with van der Waals surface area (Å²) >= 11 is 19.4. The van der Waals surface area contributed by atoms with E-state index in [1.165, 1.54) is 5.56 Å². The molecule has 2 nitrogen and oxygen atoms in total. The van der Waals surface area contributed by atoms with Crippen LogP contribution in [0.25, 0.3) is 0 Å². The number of halogens is 4. The van der Waals surface area contributed by atoms with Gasteiger partial charge in [0.05, 0.1) is 8.95 Å². The molecule has 0 radical (unpaired) electrons. The lowest BCUT2D eigenvalue weighted by molar-refractivity contribution is 0.302. The highest BCUT2D eigenvalue weighted by atomic mass is 79.9. The molecule has 0 aliphatic heterocycles. The van der Waals surface area contributed by atoms with E-state index in [4.69, 9.17) is 27.9 Å². The summed E-state index contributed by atoms with van der Waals surface area (Å²) in [5, 5.41) is 4.62. The second-order valence-electron chi connectivity index (χ2n) is 6.13. The van der Waals surface area contributed by atoms with Crippen LogP contribution in [-0.4, -0.2) is 0 Å². The number of rotatable bonds is 6. The lowest BCUT2D eigenvalue weighted by Crippen LogP contribution is -2.02. The van der Waals surface area contributed by atoms with E-state index in [9.17, 15) is 0 Å². The molecule has 1 N–H and O–H groups in total. The monoisotopic (exact) mass is 527 g/mol. The summed E-state index contributed by atoms with van der Waals surface area (Å²) in [6, 6.07) is 17.8. The van der Waals surface area contributed by atoms with Crippen molar-refractivity contribution in [2.45, 2.75) is 20.1 Å². The first-order chi connectivity index (χ1) is 12.9. The van der Waals surface area contributed by atoms with Gasteiger partial charge in [-0.25, -0.2) is 0 Å². The molecule has 140 valence electrons. The van der Waals surface area contributed by atoms with Crippen molar-refractivity contribution in [3.05, 3.63) is 90.3 Å². The Bertz CT molecular complexity index is 922. The summed E-state index contributed by atoms with van der Waals surface area (Å²) in [4.78, 5) is 0. The fraction of sp³-hybridized carbons (Fsp3) is 0.143. The highest BCUT2D eigenvalue weighted by Gasteiger charge is 2.11. The highest BCUT2D eigenvalue weighted by molar-refractivity contribution is 9.11. The van der Waals surface area contributed by atoms with Gasteiger partial charge in [-0.1, -0.05) is 47.0 Å². The SMILES string of the molecule is Cc1ccc(NCc2cc(Br)c(OCc3ccc(Cl)cc3Cl)c(Br)c2)cc1. The summed E-state index contributed by atoms with van der Waals surface area (Å²) in [5.41, 5.74) is 4.34. The molecule has 0 saturated heterocycles. The Kier molecular flexibility index (Phi) is 7.10. The van der Waals surface area contributed by atoms with Crippen molar-refractivity contribution in [3.8, 4) is 5.75 Å². The van der Waals surface area contributed by atoms with Crippen LogP contribution in [0.5, 0.6) is 5.75 Å². The van der Waals surface area contributed by atoms with Crippen molar-refractivity contribution in [2.24, 2.45) is 0 Å². The molecule has 3 aromatic rings. The molecular formula is C21H17Br2Cl2NO. The maximum atomic E-state index is 6.21. The van der Waals surface area contributed by atoms with E-state index < -0.39 is 0 Å². The third-order valence-corrected chi connectivity index (χ3v) is 5.76. The second-order valence-corrected chi connectivity index (χ2v) is 8.68. The molecule has 0 atom stereocenters. The van der Waals surface area contributed by atoms with Gasteiger partial charge in [-0.2, -0.15) is 0 Å². The molecule has 0 amide bonds. The van der Waals surface area contributed by atoms with Gasteiger partial charge in [0.1, 0.15) is 12.4 Å². The van der Waals surface area contributed by atoms with E-state index in [0.29, 0.717) is 23.2 Å². The van der Waals surface area contributed by atoms with Crippen LogP contribution in [0.2, 0.25) is 10.0 Å². The van der Waals surface area contributed by atoms with Gasteiger partial charge < -0.3 is 10.1 Å². The van der Waals surface area contributed by atoms with Crippen LogP contribution in [0.15, 0.2) is 63.5 Å². The number of nitrogens with one attached hydrogen (secondary N) is 1. The largest absolute Gasteiger partial charge is 0.486 e. The minimum absolute atomic E-state index is 0.355. The first-order valence-electron chi connectivity index (χ1n) is 8.27. The molecule has 27 heavy (non-hydrogen) atoms. The fourth-order valence-electron chi connectivity index (χ4n) is 2.52. The molecule has 0 bridgehead atoms. The maximum absolute atomic E-state index is 6.21. The van der Waals surface area contributed by atoms with Gasteiger partial charge in [0.25, 0.3) is 0 Å². The van der Waals surface area contributed by atoms with E-state index in [1.54, 1.807) is 12.1 Å². The molecule has 0 aliphatic carbocycles. The number of ether oxygens (including phenoxy) is 1. The zero-order chi connectivity index (χ0) is 19.4. The van der Waals surface area contributed by atoms with E-state index >= 15 is 0 Å². The summed E-state index contributed by atoms with van der Waals surface area (Å²) in [7, 11) is 0. The van der Waals surface area contributed by atoms with Crippen molar-refractivity contribution >= 4 is 60.7 Å². The highest BCUT2D eigenvalue weighted by Crippen LogP contribution is 2.36. The summed E-state index contributed by atoms with van der Waals surface area (Å²) in [6.07, 6.45) is 0. The molecule has 0 aromatic heterocycles. The summed E-state index contributed by atoms with van der Waals surface area (Å²) in [6.45, 7) is 3.14. The van der Waals surface area contributed by atoms with Gasteiger partial charge in [0.2, 0.25) is 0 Å². The Morgan fingerprint density at radius 3 is 2.22 bits per heavy atom. The quantitative estimate of drug-likeness (QED) is 0.349. The lowest BCUT2D eigenvalue weighted by Gasteiger charge is -2.14. The van der Waals surface area contributed by atoms with Gasteiger partial charge in [-0.05, 0) is 80.7 Å².